The molecule has 1 saturated heterocycles. The number of carbonyl (C=O) groups excluding carboxylic acids is 9. The number of benzene rings is 2. The van der Waals surface area contributed by atoms with Gasteiger partial charge in [-0.05, 0) is 128 Å². The predicted octanol–water partition coefficient (Wildman–Crippen LogP) is 4.37. The van der Waals surface area contributed by atoms with Crippen LogP contribution in [0.4, 0.5) is 0 Å². The van der Waals surface area contributed by atoms with Crippen molar-refractivity contribution in [3.63, 3.8) is 0 Å². The van der Waals surface area contributed by atoms with Crippen LogP contribution in [0.2, 0.25) is 0 Å². The van der Waals surface area contributed by atoms with E-state index in [1.165, 1.54) is 76.9 Å². The van der Waals surface area contributed by atoms with Crippen LogP contribution in [-0.4, -0.2) is 177 Å². The zero-order valence-electron chi connectivity index (χ0n) is 47.8. The van der Waals surface area contributed by atoms with Crippen molar-refractivity contribution in [1.82, 2.24) is 30.2 Å². The van der Waals surface area contributed by atoms with E-state index in [2.05, 4.69) is 10.6 Å². The van der Waals surface area contributed by atoms with Gasteiger partial charge < -0.3 is 58.7 Å². The molecule has 2 aromatic rings. The number of fused-ring (bicyclic) bond motifs is 3. The molecule has 0 aromatic heterocycles. The molecule has 4 rings (SSSR count). The molecule has 2 N–H and O–H groups in total. The standard InChI is InChI=1S/C57H82N6O15/c1-36(2)29-41-53(70)62(11)43(33-77-56(4,5)6)51(68)58-37(3)52(69)60(9)27-16-15-22-49(66)76-35-57(7,8)50(67)54(71)63-28-17-14-21-42(63)55(72)78-44(25-23-38-24-26-45(73-12)46(30-38)74-13)39-19-18-20-40(31-39)75-34-48(65)61(10)32-47(64)59-41/h15,18-20,22,24,26,30-31,36-37,41-44H,14,16-17,21,23,25,27-29,32-35H2,1-13H3,(H,58,68)(H,59,64)/b22-15-/t37-,41-,42+,43+,44-/m1/s1. The van der Waals surface area contributed by atoms with E-state index in [4.69, 9.17) is 28.4 Å². The molecule has 2 bridgehead atoms. The summed E-state index contributed by atoms with van der Waals surface area (Å²) in [5, 5.41) is 5.46. The first-order valence-electron chi connectivity index (χ1n) is 26.5. The molecule has 0 radical (unpaired) electrons. The zero-order valence-corrected chi connectivity index (χ0v) is 47.8. The van der Waals surface area contributed by atoms with Crippen LogP contribution in [0, 0.1) is 11.3 Å². The second-order valence-electron chi connectivity index (χ2n) is 21.9. The molecule has 21 heteroatoms. The number of rotatable bonds is 9. The fourth-order valence-corrected chi connectivity index (χ4v) is 8.70. The number of Topliss-reactive ketones (excluding diaryl/α,β-unsaturated/α-hetero) is 1. The Morgan fingerprint density at radius 2 is 1.54 bits per heavy atom. The number of hydrogen-bond donors (Lipinski definition) is 2. The van der Waals surface area contributed by atoms with Gasteiger partial charge in [0, 0.05) is 40.3 Å². The third-order valence-electron chi connectivity index (χ3n) is 13.3. The summed E-state index contributed by atoms with van der Waals surface area (Å²) >= 11 is 0. The van der Waals surface area contributed by atoms with Crippen LogP contribution < -0.4 is 24.8 Å². The van der Waals surface area contributed by atoms with E-state index in [9.17, 15) is 43.2 Å². The maximum atomic E-state index is 14.4. The summed E-state index contributed by atoms with van der Waals surface area (Å²) in [6.07, 6.45) is 4.08. The number of methoxy groups -OCH3 is 2. The van der Waals surface area contributed by atoms with Gasteiger partial charge in [0.2, 0.25) is 29.4 Å². The average molecular weight is 1090 g/mol. The summed E-state index contributed by atoms with van der Waals surface area (Å²) in [5.74, 6) is -5.10. The summed E-state index contributed by atoms with van der Waals surface area (Å²) < 4.78 is 34.6. The van der Waals surface area contributed by atoms with Gasteiger partial charge in [-0.2, -0.15) is 0 Å². The molecule has 0 saturated carbocycles. The number of nitrogens with one attached hydrogen (secondary N) is 2. The number of likely N-dealkylation sites (N-methyl/N-ethyl adjacent to an activating group) is 3. The lowest BCUT2D eigenvalue weighted by Crippen LogP contribution is -2.59. The highest BCUT2D eigenvalue weighted by Crippen LogP contribution is 2.33. The van der Waals surface area contributed by atoms with Crippen LogP contribution in [0.5, 0.6) is 17.2 Å². The number of piperidine rings is 1. The number of aryl methyl sites for hydroxylation is 1. The van der Waals surface area contributed by atoms with Crippen LogP contribution in [0.15, 0.2) is 54.6 Å². The molecule has 5 atom stereocenters. The Bertz CT molecular complexity index is 2490. The quantitative estimate of drug-likeness (QED) is 0.262. The Balaban J connectivity index is 1.68. The Morgan fingerprint density at radius 1 is 0.833 bits per heavy atom. The summed E-state index contributed by atoms with van der Waals surface area (Å²) in [6.45, 7) is 12.1. The first-order valence-corrected chi connectivity index (χ1v) is 26.5. The summed E-state index contributed by atoms with van der Waals surface area (Å²) in [6, 6.07) is 7.56. The molecular formula is C57H82N6O15. The fourth-order valence-electron chi connectivity index (χ4n) is 8.70. The number of hydrogen-bond acceptors (Lipinski definition) is 15. The summed E-state index contributed by atoms with van der Waals surface area (Å²) in [5.41, 5.74) is -0.866. The molecule has 2 aliphatic heterocycles. The molecule has 2 heterocycles. The molecular weight excluding hydrogens is 1010 g/mol. The van der Waals surface area contributed by atoms with Crippen LogP contribution in [0.25, 0.3) is 0 Å². The molecule has 0 spiro atoms. The van der Waals surface area contributed by atoms with Gasteiger partial charge in [-0.1, -0.05) is 38.1 Å². The SMILES string of the molecule is COc1ccc(CC[C@H]2OC(=O)[C@@H]3CCCCN3C(=O)C(=O)C(C)(C)COC(=O)/C=C\CCN(C)C(=O)[C@@H](C)NC(=O)[C@H](COC(C)(C)C)N(C)C(=O)[C@@H](CC(C)C)NC(=O)CN(C)C(=O)COc3cccc2c3)cc1OC. The minimum Gasteiger partial charge on any atom is -0.493 e. The van der Waals surface area contributed by atoms with Crippen molar-refractivity contribution in [3.8, 4) is 17.2 Å². The molecule has 21 nitrogen and oxygen atoms in total. The average Bonchev–Trinajstić information content (AvgIpc) is 3.39. The summed E-state index contributed by atoms with van der Waals surface area (Å²) in [7, 11) is 7.40. The molecule has 430 valence electrons. The molecule has 0 aliphatic carbocycles. The third kappa shape index (κ3) is 18.9. The van der Waals surface area contributed by atoms with Gasteiger partial charge in [0.15, 0.2) is 18.1 Å². The Morgan fingerprint density at radius 3 is 2.21 bits per heavy atom. The van der Waals surface area contributed by atoms with Gasteiger partial charge in [-0.15, -0.1) is 0 Å². The number of cyclic esters (lactones) is 2. The number of amides is 6. The third-order valence-corrected chi connectivity index (χ3v) is 13.3. The smallest absolute Gasteiger partial charge is 0.330 e. The van der Waals surface area contributed by atoms with Crippen LogP contribution in [0.1, 0.15) is 111 Å². The Kier molecular flexibility index (Phi) is 23.7. The van der Waals surface area contributed by atoms with E-state index in [-0.39, 0.29) is 57.0 Å². The molecule has 2 aliphatic rings. The number of esters is 2. The van der Waals surface area contributed by atoms with Gasteiger partial charge in [0.1, 0.15) is 42.6 Å². The van der Waals surface area contributed by atoms with Crippen molar-refractivity contribution < 1.29 is 71.6 Å². The highest BCUT2D eigenvalue weighted by Gasteiger charge is 2.43. The predicted molar refractivity (Wildman–Crippen MR) is 288 cm³/mol. The van der Waals surface area contributed by atoms with Crippen molar-refractivity contribution in [1.29, 1.82) is 0 Å². The molecule has 1 fully saturated rings. The maximum absolute atomic E-state index is 14.4. The lowest BCUT2D eigenvalue weighted by molar-refractivity contribution is -0.165. The minimum absolute atomic E-state index is 0.0909. The lowest BCUT2D eigenvalue weighted by atomic mass is 9.87. The second-order valence-corrected chi connectivity index (χ2v) is 21.9. The number of nitrogens with zero attached hydrogens (tertiary/aromatic N) is 4. The second kappa shape index (κ2) is 29.1. The van der Waals surface area contributed by atoms with Crippen LogP contribution in [0.3, 0.4) is 0 Å². The van der Waals surface area contributed by atoms with Gasteiger partial charge in [0.25, 0.3) is 11.8 Å². The largest absolute Gasteiger partial charge is 0.493 e. The highest BCUT2D eigenvalue weighted by atomic mass is 16.5. The topological polar surface area (TPSA) is 246 Å². The lowest BCUT2D eigenvalue weighted by Gasteiger charge is -2.36. The first kappa shape index (κ1) is 63.5. The van der Waals surface area contributed by atoms with Crippen molar-refractivity contribution in [2.24, 2.45) is 11.3 Å². The van der Waals surface area contributed by atoms with E-state index in [1.54, 1.807) is 51.1 Å². The Hall–Kier alpha value is -7.03. The monoisotopic (exact) mass is 1090 g/mol. The van der Waals surface area contributed by atoms with Crippen molar-refractivity contribution in [2.45, 2.75) is 136 Å². The van der Waals surface area contributed by atoms with Gasteiger partial charge in [-0.3, -0.25) is 33.6 Å². The maximum Gasteiger partial charge on any atom is 0.330 e. The molecule has 0 unspecified atom stereocenters. The van der Waals surface area contributed by atoms with E-state index in [1.807, 2.05) is 26.0 Å². The highest BCUT2D eigenvalue weighted by molar-refractivity contribution is 6.38. The normalized spacial score (nSPS) is 23.3. The van der Waals surface area contributed by atoms with Crippen LogP contribution >= 0.6 is 0 Å². The number of carbonyl (C=O) groups is 9. The zero-order chi connectivity index (χ0) is 58.1. The number of ketones is 1. The van der Waals surface area contributed by atoms with E-state index >= 15 is 0 Å². The van der Waals surface area contributed by atoms with Crippen molar-refractivity contribution >= 4 is 53.2 Å². The number of ether oxygens (including phenoxy) is 6. The molecule has 78 heavy (non-hydrogen) atoms. The van der Waals surface area contributed by atoms with Gasteiger partial charge in [0.05, 0.1) is 38.4 Å². The summed E-state index contributed by atoms with van der Waals surface area (Å²) in [4.78, 5) is 129. The van der Waals surface area contributed by atoms with Gasteiger partial charge in [-0.25, -0.2) is 9.59 Å². The minimum atomic E-state index is -1.49. The van der Waals surface area contributed by atoms with Gasteiger partial charge >= 0.3 is 11.9 Å². The first-order chi connectivity index (χ1) is 36.7. The van der Waals surface area contributed by atoms with E-state index in [0.29, 0.717) is 36.3 Å². The van der Waals surface area contributed by atoms with E-state index < -0.39 is 114 Å². The Labute approximate surface area is 458 Å². The molecule has 2 aromatic carbocycles. The van der Waals surface area contributed by atoms with E-state index in [0.717, 1.165) is 16.5 Å². The molecule has 6 amide bonds. The fraction of sp³-hybridized carbons (Fsp3) is 0.596. The van der Waals surface area contributed by atoms with Crippen LogP contribution in [-0.2, 0) is 63.8 Å². The van der Waals surface area contributed by atoms with Crippen molar-refractivity contribution in [2.75, 3.05) is 74.8 Å². The van der Waals surface area contributed by atoms with Crippen molar-refractivity contribution in [3.05, 3.63) is 65.7 Å².